The van der Waals surface area contributed by atoms with Crippen LogP contribution in [0, 0.1) is 11.8 Å². The largest absolute Gasteiger partial charge is 0.477 e. The summed E-state index contributed by atoms with van der Waals surface area (Å²) in [5, 5.41) is 9.09. The summed E-state index contributed by atoms with van der Waals surface area (Å²) < 4.78 is 1.90. The maximum atomic E-state index is 11.9. The van der Waals surface area contributed by atoms with E-state index in [1.807, 2.05) is 34.9 Å². The molecule has 2 aliphatic rings. The van der Waals surface area contributed by atoms with Crippen molar-refractivity contribution < 1.29 is 9.90 Å². The van der Waals surface area contributed by atoms with Crippen LogP contribution in [-0.4, -0.2) is 22.2 Å². The van der Waals surface area contributed by atoms with Gasteiger partial charge in [-0.05, 0) is 49.6 Å². The average Bonchev–Trinajstić information content (AvgIpc) is 3.51. The number of benzene rings is 1. The minimum absolute atomic E-state index is 0.162. The second-order valence-electron chi connectivity index (χ2n) is 6.88. The first-order valence-electron chi connectivity index (χ1n) is 8.81. The number of carboxylic acid groups (broad SMARTS) is 1. The standard InChI is InChI=1S/C16H15NO3.C4H9N/c18-15-8-14(12-4-2-1-3-5-12)17(9-11-6-7-11)10-13(15)16(19)20;5-3-4-1-2-4/h1-5,8,10-11H,6-7,9H2,(H,19,20);4H,1-3,5H2. The van der Waals surface area contributed by atoms with Crippen LogP contribution in [0.25, 0.3) is 11.3 Å². The molecule has 0 saturated heterocycles. The zero-order valence-corrected chi connectivity index (χ0v) is 14.2. The number of rotatable bonds is 5. The molecule has 5 heteroatoms. The lowest BCUT2D eigenvalue weighted by Crippen LogP contribution is -2.19. The van der Waals surface area contributed by atoms with Gasteiger partial charge in [-0.2, -0.15) is 0 Å². The van der Waals surface area contributed by atoms with Crippen molar-refractivity contribution in [3.8, 4) is 11.3 Å². The van der Waals surface area contributed by atoms with Gasteiger partial charge in [0.1, 0.15) is 5.56 Å². The highest BCUT2D eigenvalue weighted by Crippen LogP contribution is 2.32. The van der Waals surface area contributed by atoms with Crippen LogP contribution in [-0.2, 0) is 6.54 Å². The van der Waals surface area contributed by atoms with E-state index in [2.05, 4.69) is 0 Å². The summed E-state index contributed by atoms with van der Waals surface area (Å²) in [5.74, 6) is 0.343. The van der Waals surface area contributed by atoms with Crippen molar-refractivity contribution in [2.75, 3.05) is 6.54 Å². The summed E-state index contributed by atoms with van der Waals surface area (Å²) in [4.78, 5) is 23.0. The third-order valence-electron chi connectivity index (χ3n) is 4.61. The van der Waals surface area contributed by atoms with E-state index in [1.165, 1.54) is 37.9 Å². The number of pyridine rings is 1. The van der Waals surface area contributed by atoms with E-state index in [0.717, 1.165) is 30.3 Å². The van der Waals surface area contributed by atoms with Gasteiger partial charge in [0.25, 0.3) is 0 Å². The zero-order valence-electron chi connectivity index (χ0n) is 14.2. The Morgan fingerprint density at radius 1 is 1.12 bits per heavy atom. The Hall–Kier alpha value is -2.40. The fourth-order valence-electron chi connectivity index (χ4n) is 2.68. The van der Waals surface area contributed by atoms with E-state index in [9.17, 15) is 9.59 Å². The first-order valence-corrected chi connectivity index (χ1v) is 8.81. The lowest BCUT2D eigenvalue weighted by atomic mass is 10.1. The number of nitrogens with zero attached hydrogens (tertiary/aromatic N) is 1. The summed E-state index contributed by atoms with van der Waals surface area (Å²) in [5.41, 5.74) is 6.35. The lowest BCUT2D eigenvalue weighted by molar-refractivity contribution is 0.0694. The van der Waals surface area contributed by atoms with Gasteiger partial charge in [0, 0.05) is 18.8 Å². The minimum atomic E-state index is -1.17. The number of hydrogen-bond acceptors (Lipinski definition) is 3. The predicted octanol–water partition coefficient (Wildman–Crippen LogP) is 2.98. The molecule has 25 heavy (non-hydrogen) atoms. The van der Waals surface area contributed by atoms with Crippen LogP contribution in [0.5, 0.6) is 0 Å². The second kappa shape index (κ2) is 7.66. The predicted molar refractivity (Wildman–Crippen MR) is 97.6 cm³/mol. The van der Waals surface area contributed by atoms with Crippen LogP contribution in [0.3, 0.4) is 0 Å². The van der Waals surface area contributed by atoms with Gasteiger partial charge in [-0.25, -0.2) is 4.79 Å². The van der Waals surface area contributed by atoms with E-state index in [4.69, 9.17) is 10.8 Å². The quantitative estimate of drug-likeness (QED) is 0.876. The third kappa shape index (κ3) is 4.79. The van der Waals surface area contributed by atoms with E-state index < -0.39 is 11.4 Å². The van der Waals surface area contributed by atoms with Gasteiger partial charge < -0.3 is 15.4 Å². The summed E-state index contributed by atoms with van der Waals surface area (Å²) in [6.45, 7) is 1.69. The summed E-state index contributed by atoms with van der Waals surface area (Å²) >= 11 is 0. The molecule has 0 aliphatic heterocycles. The van der Waals surface area contributed by atoms with Crippen molar-refractivity contribution in [3.63, 3.8) is 0 Å². The number of nitrogens with two attached hydrogens (primary N) is 1. The summed E-state index contributed by atoms with van der Waals surface area (Å²) in [6.07, 6.45) is 6.59. The van der Waals surface area contributed by atoms with Crippen molar-refractivity contribution in [3.05, 3.63) is 58.4 Å². The maximum Gasteiger partial charge on any atom is 0.341 e. The van der Waals surface area contributed by atoms with Crippen molar-refractivity contribution in [2.45, 2.75) is 32.2 Å². The van der Waals surface area contributed by atoms with Crippen molar-refractivity contribution in [1.82, 2.24) is 4.57 Å². The van der Waals surface area contributed by atoms with E-state index in [1.54, 1.807) is 0 Å². The molecule has 0 amide bonds. The molecule has 4 rings (SSSR count). The Balaban J connectivity index is 0.000000314. The maximum absolute atomic E-state index is 11.9. The third-order valence-corrected chi connectivity index (χ3v) is 4.61. The van der Waals surface area contributed by atoms with Gasteiger partial charge in [-0.15, -0.1) is 0 Å². The molecule has 1 aromatic heterocycles. The average molecular weight is 340 g/mol. The first kappa shape index (κ1) is 17.4. The Morgan fingerprint density at radius 3 is 2.24 bits per heavy atom. The number of aromatic carboxylic acids is 1. The molecule has 2 saturated carbocycles. The summed E-state index contributed by atoms with van der Waals surface area (Å²) in [6, 6.07) is 11.0. The van der Waals surface area contributed by atoms with Crippen molar-refractivity contribution in [1.29, 1.82) is 0 Å². The van der Waals surface area contributed by atoms with Gasteiger partial charge in [-0.1, -0.05) is 30.3 Å². The van der Waals surface area contributed by atoms with Gasteiger partial charge in [0.15, 0.2) is 5.43 Å². The highest BCUT2D eigenvalue weighted by molar-refractivity contribution is 5.87. The molecule has 2 aliphatic carbocycles. The van der Waals surface area contributed by atoms with Gasteiger partial charge in [0.2, 0.25) is 0 Å². The lowest BCUT2D eigenvalue weighted by Gasteiger charge is -2.14. The first-order chi connectivity index (χ1) is 12.1. The van der Waals surface area contributed by atoms with Crippen LogP contribution >= 0.6 is 0 Å². The van der Waals surface area contributed by atoms with Crippen LogP contribution in [0.2, 0.25) is 0 Å². The Kier molecular flexibility index (Phi) is 5.34. The molecule has 0 unspecified atom stereocenters. The van der Waals surface area contributed by atoms with Crippen LogP contribution < -0.4 is 11.2 Å². The molecule has 2 aromatic rings. The highest BCUT2D eigenvalue weighted by Gasteiger charge is 2.23. The van der Waals surface area contributed by atoms with E-state index in [0.29, 0.717) is 5.92 Å². The van der Waals surface area contributed by atoms with Crippen molar-refractivity contribution >= 4 is 5.97 Å². The SMILES string of the molecule is NCC1CC1.O=C(O)c1cn(CC2CC2)c(-c2ccccc2)cc1=O. The molecule has 0 spiro atoms. The molecule has 1 aromatic carbocycles. The van der Waals surface area contributed by atoms with Crippen molar-refractivity contribution in [2.24, 2.45) is 17.6 Å². The molecule has 3 N–H and O–H groups in total. The molecule has 0 radical (unpaired) electrons. The monoisotopic (exact) mass is 340 g/mol. The fourth-order valence-corrected chi connectivity index (χ4v) is 2.68. The fraction of sp³-hybridized carbons (Fsp3) is 0.400. The van der Waals surface area contributed by atoms with E-state index >= 15 is 0 Å². The molecule has 1 heterocycles. The number of carboxylic acids is 1. The number of carbonyl (C=O) groups is 1. The smallest absolute Gasteiger partial charge is 0.341 e. The van der Waals surface area contributed by atoms with E-state index in [-0.39, 0.29) is 5.56 Å². The molecule has 132 valence electrons. The van der Waals surface area contributed by atoms with Gasteiger partial charge >= 0.3 is 5.97 Å². The molecule has 5 nitrogen and oxygen atoms in total. The Labute approximate surface area is 147 Å². The molecule has 0 bridgehead atoms. The molecule has 2 fully saturated rings. The number of hydrogen-bond donors (Lipinski definition) is 2. The Bertz CT molecular complexity index is 790. The minimum Gasteiger partial charge on any atom is -0.477 e. The van der Waals surface area contributed by atoms with Crippen LogP contribution in [0.15, 0.2) is 47.4 Å². The van der Waals surface area contributed by atoms with Crippen LogP contribution in [0.4, 0.5) is 0 Å². The zero-order chi connectivity index (χ0) is 17.8. The molecule has 0 atom stereocenters. The molecular formula is C20H24N2O3. The topological polar surface area (TPSA) is 85.3 Å². The van der Waals surface area contributed by atoms with Gasteiger partial charge in [0.05, 0.1) is 5.69 Å². The normalized spacial score (nSPS) is 16.0. The second-order valence-corrected chi connectivity index (χ2v) is 6.88. The molecular weight excluding hydrogens is 316 g/mol. The van der Waals surface area contributed by atoms with Crippen LogP contribution in [0.1, 0.15) is 36.0 Å². The Morgan fingerprint density at radius 2 is 1.76 bits per heavy atom. The summed E-state index contributed by atoms with van der Waals surface area (Å²) in [7, 11) is 0. The van der Waals surface area contributed by atoms with Gasteiger partial charge in [-0.3, -0.25) is 4.79 Å². The number of aromatic nitrogens is 1. The highest BCUT2D eigenvalue weighted by atomic mass is 16.4.